The summed E-state index contributed by atoms with van der Waals surface area (Å²) in [5.41, 5.74) is 6.55. The van der Waals surface area contributed by atoms with E-state index in [0.717, 1.165) is 5.56 Å². The van der Waals surface area contributed by atoms with E-state index >= 15 is 0 Å². The van der Waals surface area contributed by atoms with E-state index in [1.807, 2.05) is 24.3 Å². The molecule has 0 aliphatic heterocycles. The lowest BCUT2D eigenvalue weighted by Crippen LogP contribution is -1.99. The van der Waals surface area contributed by atoms with Crippen LogP contribution in [0.3, 0.4) is 0 Å². The monoisotopic (exact) mass is 261 g/mol. The van der Waals surface area contributed by atoms with Gasteiger partial charge in [0.2, 0.25) is 5.76 Å². The molecule has 1 aromatic carbocycles. The van der Waals surface area contributed by atoms with Gasteiger partial charge in [-0.1, -0.05) is 12.1 Å². The van der Waals surface area contributed by atoms with Crippen molar-refractivity contribution in [3.05, 3.63) is 53.5 Å². The molecule has 0 aliphatic rings. The quantitative estimate of drug-likeness (QED) is 0.834. The van der Waals surface area contributed by atoms with Crippen LogP contribution in [-0.4, -0.2) is 13.1 Å². The molecule has 0 amide bonds. The van der Waals surface area contributed by atoms with Crippen molar-refractivity contribution in [1.82, 2.24) is 0 Å². The van der Waals surface area contributed by atoms with E-state index < -0.39 is 5.97 Å². The lowest BCUT2D eigenvalue weighted by Gasteiger charge is -2.05. The van der Waals surface area contributed by atoms with Gasteiger partial charge in [-0.05, 0) is 29.8 Å². The first-order valence-electron chi connectivity index (χ1n) is 5.81. The molecule has 2 rings (SSSR count). The van der Waals surface area contributed by atoms with Crippen molar-refractivity contribution in [2.24, 2.45) is 5.73 Å². The molecule has 0 aliphatic carbocycles. The lowest BCUT2D eigenvalue weighted by molar-refractivity contribution is 0.0561. The molecule has 5 nitrogen and oxygen atoms in total. The van der Waals surface area contributed by atoms with Crippen LogP contribution in [-0.2, 0) is 17.9 Å². The second kappa shape index (κ2) is 6.06. The molecule has 1 heterocycles. The number of carbonyl (C=O) groups excluding carboxylic acids is 1. The predicted octanol–water partition coefficient (Wildman–Crippen LogP) is 2.10. The first-order chi connectivity index (χ1) is 9.22. The summed E-state index contributed by atoms with van der Waals surface area (Å²) in [4.78, 5) is 11.2. The maximum atomic E-state index is 11.2. The van der Waals surface area contributed by atoms with E-state index in [1.54, 1.807) is 12.1 Å². The van der Waals surface area contributed by atoms with Crippen molar-refractivity contribution in [3.63, 3.8) is 0 Å². The van der Waals surface area contributed by atoms with Crippen molar-refractivity contribution in [2.45, 2.75) is 13.2 Å². The number of carbonyl (C=O) groups is 1. The van der Waals surface area contributed by atoms with Crippen LogP contribution < -0.4 is 10.5 Å². The van der Waals surface area contributed by atoms with Gasteiger partial charge in [-0.25, -0.2) is 4.79 Å². The van der Waals surface area contributed by atoms with Crippen molar-refractivity contribution in [3.8, 4) is 5.75 Å². The Morgan fingerprint density at radius 2 is 2.16 bits per heavy atom. The van der Waals surface area contributed by atoms with Crippen LogP contribution in [0.1, 0.15) is 21.9 Å². The molecule has 0 saturated carbocycles. The van der Waals surface area contributed by atoms with Gasteiger partial charge >= 0.3 is 5.97 Å². The Balaban J connectivity index is 1.98. The standard InChI is InChI=1S/C14H15NO4/c1-17-14(16)13-6-5-12(19-13)9-18-11-4-2-3-10(7-11)8-15/h2-7H,8-9,15H2,1H3. The molecule has 0 spiro atoms. The van der Waals surface area contributed by atoms with Crippen LogP contribution in [0, 0.1) is 0 Å². The Kier molecular flexibility index (Phi) is 4.20. The zero-order valence-electron chi connectivity index (χ0n) is 10.6. The number of furan rings is 1. The highest BCUT2D eigenvalue weighted by molar-refractivity contribution is 5.86. The summed E-state index contributed by atoms with van der Waals surface area (Å²) >= 11 is 0. The minimum atomic E-state index is -0.503. The smallest absolute Gasteiger partial charge is 0.373 e. The van der Waals surface area contributed by atoms with Crippen LogP contribution in [0.2, 0.25) is 0 Å². The average molecular weight is 261 g/mol. The number of nitrogens with two attached hydrogens (primary N) is 1. The van der Waals surface area contributed by atoms with Crippen LogP contribution in [0.5, 0.6) is 5.75 Å². The van der Waals surface area contributed by atoms with Gasteiger partial charge < -0.3 is 19.6 Å². The summed E-state index contributed by atoms with van der Waals surface area (Å²) in [6.45, 7) is 0.704. The Bertz CT molecular complexity index is 562. The number of hydrogen-bond acceptors (Lipinski definition) is 5. The summed E-state index contributed by atoms with van der Waals surface area (Å²) in [6.07, 6.45) is 0. The van der Waals surface area contributed by atoms with Gasteiger partial charge in [0.05, 0.1) is 7.11 Å². The maximum absolute atomic E-state index is 11.2. The van der Waals surface area contributed by atoms with Gasteiger partial charge in [-0.15, -0.1) is 0 Å². The highest BCUT2D eigenvalue weighted by Crippen LogP contribution is 2.16. The average Bonchev–Trinajstić information content (AvgIpc) is 2.93. The number of methoxy groups -OCH3 is 1. The van der Waals surface area contributed by atoms with E-state index in [0.29, 0.717) is 18.1 Å². The zero-order chi connectivity index (χ0) is 13.7. The minimum absolute atomic E-state index is 0.164. The van der Waals surface area contributed by atoms with Gasteiger partial charge in [-0.3, -0.25) is 0 Å². The highest BCUT2D eigenvalue weighted by Gasteiger charge is 2.11. The van der Waals surface area contributed by atoms with Crippen molar-refractivity contribution in [2.75, 3.05) is 7.11 Å². The van der Waals surface area contributed by atoms with Gasteiger partial charge in [0.15, 0.2) is 0 Å². The molecular weight excluding hydrogens is 246 g/mol. The summed E-state index contributed by atoms with van der Waals surface area (Å²) in [5, 5.41) is 0. The Hall–Kier alpha value is -2.27. The molecule has 2 N–H and O–H groups in total. The maximum Gasteiger partial charge on any atom is 0.373 e. The van der Waals surface area contributed by atoms with Crippen molar-refractivity contribution >= 4 is 5.97 Å². The molecule has 2 aromatic rings. The molecule has 19 heavy (non-hydrogen) atoms. The molecular formula is C14H15NO4. The molecule has 0 unspecified atom stereocenters. The molecule has 0 fully saturated rings. The third-order valence-corrected chi connectivity index (χ3v) is 2.56. The van der Waals surface area contributed by atoms with Crippen LogP contribution in [0.15, 0.2) is 40.8 Å². The Morgan fingerprint density at radius 3 is 2.89 bits per heavy atom. The second-order valence-electron chi connectivity index (χ2n) is 3.90. The Morgan fingerprint density at radius 1 is 1.32 bits per heavy atom. The fourth-order valence-electron chi connectivity index (χ4n) is 1.58. The SMILES string of the molecule is COC(=O)c1ccc(COc2cccc(CN)c2)o1. The first kappa shape index (κ1) is 13.2. The summed E-state index contributed by atoms with van der Waals surface area (Å²) in [7, 11) is 1.30. The summed E-state index contributed by atoms with van der Waals surface area (Å²) in [6, 6.07) is 10.7. The fourth-order valence-corrected chi connectivity index (χ4v) is 1.58. The van der Waals surface area contributed by atoms with E-state index in [1.165, 1.54) is 7.11 Å². The van der Waals surface area contributed by atoms with E-state index in [-0.39, 0.29) is 12.4 Å². The van der Waals surface area contributed by atoms with Crippen molar-refractivity contribution < 1.29 is 18.7 Å². The zero-order valence-corrected chi connectivity index (χ0v) is 10.6. The predicted molar refractivity (Wildman–Crippen MR) is 68.7 cm³/mol. The molecule has 100 valence electrons. The van der Waals surface area contributed by atoms with Gasteiger partial charge in [0.1, 0.15) is 18.1 Å². The minimum Gasteiger partial charge on any atom is -0.486 e. The number of hydrogen-bond donors (Lipinski definition) is 1. The Labute approximate surface area is 110 Å². The lowest BCUT2D eigenvalue weighted by atomic mass is 10.2. The van der Waals surface area contributed by atoms with Crippen LogP contribution in [0.4, 0.5) is 0 Å². The van der Waals surface area contributed by atoms with E-state index in [2.05, 4.69) is 4.74 Å². The fraction of sp³-hybridized carbons (Fsp3) is 0.214. The molecule has 0 atom stereocenters. The molecule has 0 bridgehead atoms. The van der Waals surface area contributed by atoms with Crippen LogP contribution >= 0.6 is 0 Å². The number of ether oxygens (including phenoxy) is 2. The van der Waals surface area contributed by atoms with E-state index in [4.69, 9.17) is 14.9 Å². The largest absolute Gasteiger partial charge is 0.486 e. The second-order valence-corrected chi connectivity index (χ2v) is 3.90. The van der Waals surface area contributed by atoms with Crippen molar-refractivity contribution in [1.29, 1.82) is 0 Å². The summed E-state index contributed by atoms with van der Waals surface area (Å²) in [5.74, 6) is 0.922. The topological polar surface area (TPSA) is 74.7 Å². The number of benzene rings is 1. The van der Waals surface area contributed by atoms with E-state index in [9.17, 15) is 4.79 Å². The van der Waals surface area contributed by atoms with Crippen LogP contribution in [0.25, 0.3) is 0 Å². The molecule has 1 aromatic heterocycles. The third kappa shape index (κ3) is 3.35. The molecule has 0 saturated heterocycles. The highest BCUT2D eigenvalue weighted by atomic mass is 16.5. The van der Waals surface area contributed by atoms with Gasteiger partial charge in [0.25, 0.3) is 0 Å². The number of esters is 1. The van der Waals surface area contributed by atoms with Gasteiger partial charge in [0, 0.05) is 6.54 Å². The first-order valence-corrected chi connectivity index (χ1v) is 5.81. The number of rotatable bonds is 5. The molecule has 0 radical (unpaired) electrons. The third-order valence-electron chi connectivity index (χ3n) is 2.56. The van der Waals surface area contributed by atoms with Gasteiger partial charge in [-0.2, -0.15) is 0 Å². The summed E-state index contributed by atoms with van der Waals surface area (Å²) < 4.78 is 15.4. The molecule has 5 heteroatoms. The normalized spacial score (nSPS) is 10.2.